The van der Waals surface area contributed by atoms with Crippen molar-refractivity contribution in [3.05, 3.63) is 30.1 Å². The van der Waals surface area contributed by atoms with Crippen molar-refractivity contribution < 1.29 is 14.7 Å². The van der Waals surface area contributed by atoms with E-state index in [2.05, 4.69) is 10.3 Å². The smallest absolute Gasteiger partial charge is 0.303 e. The molecular weight excluding hydrogens is 244 g/mol. The van der Waals surface area contributed by atoms with Crippen LogP contribution in [0.1, 0.15) is 45.2 Å². The molecule has 2 N–H and O–H groups in total. The number of pyridine rings is 1. The van der Waals surface area contributed by atoms with Crippen LogP contribution < -0.4 is 5.32 Å². The number of carboxylic acid groups (broad SMARTS) is 1. The molecule has 1 atom stereocenters. The van der Waals surface area contributed by atoms with E-state index in [1.165, 1.54) is 0 Å². The Balaban J connectivity index is 2.86. The van der Waals surface area contributed by atoms with Crippen LogP contribution in [0.25, 0.3) is 0 Å². The second-order valence-electron chi connectivity index (χ2n) is 5.48. The van der Waals surface area contributed by atoms with Gasteiger partial charge in [0.15, 0.2) is 0 Å². The highest BCUT2D eigenvalue weighted by Crippen LogP contribution is 2.20. The topological polar surface area (TPSA) is 79.3 Å². The van der Waals surface area contributed by atoms with Crippen LogP contribution in [0.4, 0.5) is 0 Å². The van der Waals surface area contributed by atoms with E-state index in [1.54, 1.807) is 24.4 Å². The average molecular weight is 264 g/mol. The molecule has 0 spiro atoms. The Kier molecular flexibility index (Phi) is 5.03. The summed E-state index contributed by atoms with van der Waals surface area (Å²) in [7, 11) is 0. The van der Waals surface area contributed by atoms with Gasteiger partial charge < -0.3 is 10.4 Å². The number of nitrogens with one attached hydrogen (secondary N) is 1. The minimum absolute atomic E-state index is 0.0567. The number of carbonyl (C=O) groups is 2. The summed E-state index contributed by atoms with van der Waals surface area (Å²) in [4.78, 5) is 27.1. The molecule has 0 bridgehead atoms. The first kappa shape index (κ1) is 15.1. The highest BCUT2D eigenvalue weighted by atomic mass is 16.4. The van der Waals surface area contributed by atoms with Crippen LogP contribution in [0.3, 0.4) is 0 Å². The van der Waals surface area contributed by atoms with Gasteiger partial charge in [0.1, 0.15) is 0 Å². The van der Waals surface area contributed by atoms with Crippen molar-refractivity contribution in [2.75, 3.05) is 0 Å². The second kappa shape index (κ2) is 6.31. The summed E-state index contributed by atoms with van der Waals surface area (Å²) in [6.07, 6.45) is 1.79. The van der Waals surface area contributed by atoms with Crippen LogP contribution >= 0.6 is 0 Å². The first-order valence-electron chi connectivity index (χ1n) is 6.24. The summed E-state index contributed by atoms with van der Waals surface area (Å²) in [6.45, 7) is 5.66. The number of nitrogens with zero attached hydrogens (tertiary/aromatic N) is 1. The van der Waals surface area contributed by atoms with Gasteiger partial charge in [0, 0.05) is 18.2 Å². The standard InChI is InChI=1S/C14H20N2O3/c1-14(2,3)16-13(19)10(7-8-12(17)18)11-6-4-5-9-15-11/h4-6,9-10H,7-8H2,1-3H3,(H,16,19)(H,17,18). The van der Waals surface area contributed by atoms with E-state index < -0.39 is 11.9 Å². The van der Waals surface area contributed by atoms with Crippen molar-refractivity contribution >= 4 is 11.9 Å². The van der Waals surface area contributed by atoms with Crippen molar-refractivity contribution in [3.63, 3.8) is 0 Å². The highest BCUT2D eigenvalue weighted by molar-refractivity contribution is 5.84. The normalized spacial score (nSPS) is 12.8. The van der Waals surface area contributed by atoms with Crippen LogP contribution in [-0.4, -0.2) is 27.5 Å². The summed E-state index contributed by atoms with van der Waals surface area (Å²) in [5, 5.41) is 11.6. The lowest BCUT2D eigenvalue weighted by atomic mass is 9.96. The number of carbonyl (C=O) groups excluding carboxylic acids is 1. The molecule has 0 saturated carbocycles. The zero-order valence-corrected chi connectivity index (χ0v) is 11.5. The van der Waals surface area contributed by atoms with Crippen LogP contribution in [0.15, 0.2) is 24.4 Å². The number of hydrogen-bond donors (Lipinski definition) is 2. The fourth-order valence-corrected chi connectivity index (χ4v) is 1.72. The number of rotatable bonds is 5. The van der Waals surface area contributed by atoms with E-state index in [0.717, 1.165) is 0 Å². The lowest BCUT2D eigenvalue weighted by Crippen LogP contribution is -2.43. The maximum atomic E-state index is 12.2. The fourth-order valence-electron chi connectivity index (χ4n) is 1.72. The molecular formula is C14H20N2O3. The zero-order valence-electron chi connectivity index (χ0n) is 11.5. The van der Waals surface area contributed by atoms with Gasteiger partial charge in [0.05, 0.1) is 11.6 Å². The predicted molar refractivity (Wildman–Crippen MR) is 71.7 cm³/mol. The molecule has 1 heterocycles. The minimum atomic E-state index is -0.913. The van der Waals surface area contributed by atoms with Crippen LogP contribution in [-0.2, 0) is 9.59 Å². The Morgan fingerprint density at radius 1 is 1.37 bits per heavy atom. The van der Waals surface area contributed by atoms with Gasteiger partial charge in [-0.1, -0.05) is 6.07 Å². The Morgan fingerprint density at radius 3 is 2.53 bits per heavy atom. The lowest BCUT2D eigenvalue weighted by Gasteiger charge is -2.24. The maximum Gasteiger partial charge on any atom is 0.303 e. The molecule has 0 aliphatic carbocycles. The third-order valence-corrected chi connectivity index (χ3v) is 2.51. The summed E-state index contributed by atoms with van der Waals surface area (Å²) in [6, 6.07) is 5.30. The van der Waals surface area contributed by atoms with Gasteiger partial charge in [0.2, 0.25) is 5.91 Å². The molecule has 1 aromatic heterocycles. The molecule has 5 heteroatoms. The third-order valence-electron chi connectivity index (χ3n) is 2.51. The molecule has 5 nitrogen and oxygen atoms in total. The molecule has 0 aromatic carbocycles. The molecule has 0 aliphatic heterocycles. The van der Waals surface area contributed by atoms with Gasteiger partial charge in [-0.25, -0.2) is 0 Å². The van der Waals surface area contributed by atoms with Crippen molar-refractivity contribution in [1.29, 1.82) is 0 Å². The number of amides is 1. The third kappa shape index (κ3) is 5.50. The van der Waals surface area contributed by atoms with Crippen LogP contribution in [0.5, 0.6) is 0 Å². The van der Waals surface area contributed by atoms with Crippen molar-refractivity contribution in [2.45, 2.75) is 45.1 Å². The molecule has 0 aliphatic rings. The van der Waals surface area contributed by atoms with E-state index in [0.29, 0.717) is 5.69 Å². The van der Waals surface area contributed by atoms with Gasteiger partial charge >= 0.3 is 5.97 Å². The lowest BCUT2D eigenvalue weighted by molar-refractivity contribution is -0.137. The molecule has 104 valence electrons. The SMILES string of the molecule is CC(C)(C)NC(=O)C(CCC(=O)O)c1ccccn1. The molecule has 0 fully saturated rings. The average Bonchev–Trinajstić information content (AvgIpc) is 2.27. The predicted octanol–water partition coefficient (Wildman–Crippen LogP) is 1.94. The van der Waals surface area contributed by atoms with Crippen LogP contribution in [0.2, 0.25) is 0 Å². The fraction of sp³-hybridized carbons (Fsp3) is 0.500. The number of aromatic nitrogens is 1. The van der Waals surface area contributed by atoms with Crippen molar-refractivity contribution in [3.8, 4) is 0 Å². The zero-order chi connectivity index (χ0) is 14.5. The first-order valence-corrected chi connectivity index (χ1v) is 6.24. The van der Waals surface area contributed by atoms with Gasteiger partial charge in [-0.15, -0.1) is 0 Å². The first-order chi connectivity index (χ1) is 8.79. The van der Waals surface area contributed by atoms with E-state index >= 15 is 0 Å². The number of carboxylic acids is 1. The maximum absolute atomic E-state index is 12.2. The monoisotopic (exact) mass is 264 g/mol. The summed E-state index contributed by atoms with van der Waals surface area (Å²) < 4.78 is 0. The van der Waals surface area contributed by atoms with Gasteiger partial charge in [-0.2, -0.15) is 0 Å². The van der Waals surface area contributed by atoms with E-state index in [-0.39, 0.29) is 24.3 Å². The van der Waals surface area contributed by atoms with Gasteiger partial charge in [-0.3, -0.25) is 14.6 Å². The number of hydrogen-bond acceptors (Lipinski definition) is 3. The van der Waals surface area contributed by atoms with Crippen LogP contribution in [0, 0.1) is 0 Å². The van der Waals surface area contributed by atoms with Crippen molar-refractivity contribution in [2.24, 2.45) is 0 Å². The molecule has 1 unspecified atom stereocenters. The van der Waals surface area contributed by atoms with E-state index in [9.17, 15) is 9.59 Å². The second-order valence-corrected chi connectivity index (χ2v) is 5.48. The van der Waals surface area contributed by atoms with Gasteiger partial charge in [-0.05, 0) is 39.3 Å². The largest absolute Gasteiger partial charge is 0.481 e. The van der Waals surface area contributed by atoms with Crippen molar-refractivity contribution in [1.82, 2.24) is 10.3 Å². The Bertz CT molecular complexity index is 438. The Morgan fingerprint density at radius 2 is 2.05 bits per heavy atom. The molecule has 1 amide bonds. The highest BCUT2D eigenvalue weighted by Gasteiger charge is 2.25. The molecule has 0 saturated heterocycles. The summed E-state index contributed by atoms with van der Waals surface area (Å²) in [5.41, 5.74) is 0.248. The quantitative estimate of drug-likeness (QED) is 0.851. The van der Waals surface area contributed by atoms with E-state index in [1.807, 2.05) is 20.8 Å². The van der Waals surface area contributed by atoms with E-state index in [4.69, 9.17) is 5.11 Å². The molecule has 1 aromatic rings. The Hall–Kier alpha value is -1.91. The minimum Gasteiger partial charge on any atom is -0.481 e. The molecule has 0 radical (unpaired) electrons. The molecule has 1 rings (SSSR count). The summed E-state index contributed by atoms with van der Waals surface area (Å²) >= 11 is 0. The summed E-state index contributed by atoms with van der Waals surface area (Å²) in [5.74, 6) is -1.63. The Labute approximate surface area is 113 Å². The van der Waals surface area contributed by atoms with Gasteiger partial charge in [0.25, 0.3) is 0 Å². The molecule has 19 heavy (non-hydrogen) atoms. The number of aliphatic carboxylic acids is 1.